The van der Waals surface area contributed by atoms with Gasteiger partial charge in [0.2, 0.25) is 0 Å². The molecule has 0 fully saturated rings. The predicted octanol–water partition coefficient (Wildman–Crippen LogP) is 1.54. The lowest BCUT2D eigenvalue weighted by molar-refractivity contribution is 0.0687. The van der Waals surface area contributed by atoms with Crippen molar-refractivity contribution >= 4 is 5.97 Å². The van der Waals surface area contributed by atoms with Crippen molar-refractivity contribution in [1.82, 2.24) is 14.5 Å². The van der Waals surface area contributed by atoms with Crippen LogP contribution in [0.1, 0.15) is 23.8 Å². The minimum atomic E-state index is -1.23. The molecule has 0 aromatic carbocycles. The molecule has 0 atom stereocenters. The van der Waals surface area contributed by atoms with Gasteiger partial charge in [0.15, 0.2) is 11.4 Å². The molecule has 104 valence electrons. The van der Waals surface area contributed by atoms with Crippen LogP contribution in [0.15, 0.2) is 35.5 Å². The molecule has 2 aromatic heterocycles. The molecule has 2 rings (SSSR count). The van der Waals surface area contributed by atoms with Gasteiger partial charge in [0, 0.05) is 25.1 Å². The maximum absolute atomic E-state index is 12.1. The summed E-state index contributed by atoms with van der Waals surface area (Å²) in [5.41, 5.74) is -0.672. The molecule has 0 bridgehead atoms. The number of carboxylic acid groups (broad SMARTS) is 1. The van der Waals surface area contributed by atoms with Gasteiger partial charge in [-0.2, -0.15) is 0 Å². The van der Waals surface area contributed by atoms with Crippen LogP contribution in [0.4, 0.5) is 0 Å². The van der Waals surface area contributed by atoms with Crippen molar-refractivity contribution in [3.8, 4) is 11.6 Å². The largest absolute Gasteiger partial charge is 0.476 e. The van der Waals surface area contributed by atoms with Gasteiger partial charge < -0.3 is 14.4 Å². The van der Waals surface area contributed by atoms with Crippen LogP contribution in [0.5, 0.6) is 11.6 Å². The van der Waals surface area contributed by atoms with Crippen LogP contribution in [-0.2, 0) is 6.54 Å². The molecule has 7 nitrogen and oxygen atoms in total. The topological polar surface area (TPSA) is 94.3 Å². The van der Waals surface area contributed by atoms with E-state index in [1.165, 1.54) is 29.1 Å². The second-order valence-corrected chi connectivity index (χ2v) is 3.99. The van der Waals surface area contributed by atoms with E-state index in [9.17, 15) is 9.59 Å². The van der Waals surface area contributed by atoms with Crippen molar-refractivity contribution in [2.75, 3.05) is 0 Å². The first kappa shape index (κ1) is 13.7. The van der Waals surface area contributed by atoms with E-state index in [0.29, 0.717) is 6.54 Å². The zero-order valence-corrected chi connectivity index (χ0v) is 10.8. The van der Waals surface area contributed by atoms with E-state index >= 15 is 0 Å². The van der Waals surface area contributed by atoms with Crippen LogP contribution >= 0.6 is 0 Å². The Morgan fingerprint density at radius 3 is 2.90 bits per heavy atom. The first-order valence-corrected chi connectivity index (χ1v) is 6.05. The van der Waals surface area contributed by atoms with Gasteiger partial charge in [0.25, 0.3) is 5.88 Å². The first-order chi connectivity index (χ1) is 9.63. The second kappa shape index (κ2) is 5.96. The molecule has 2 heterocycles. The molecule has 20 heavy (non-hydrogen) atoms. The lowest BCUT2D eigenvalue weighted by Gasteiger charge is -2.08. The van der Waals surface area contributed by atoms with Crippen LogP contribution in [0.2, 0.25) is 0 Å². The number of rotatable bonds is 5. The third-order valence-corrected chi connectivity index (χ3v) is 2.53. The SMILES string of the molecule is CCCn1ccnc(Oc2cccnc2C(=O)O)c1=O. The Kier molecular flexibility index (Phi) is 4.09. The van der Waals surface area contributed by atoms with Crippen LogP contribution in [-0.4, -0.2) is 25.6 Å². The minimum absolute atomic E-state index is 0.0150. The molecular formula is C13H13N3O4. The highest BCUT2D eigenvalue weighted by Gasteiger charge is 2.15. The summed E-state index contributed by atoms with van der Waals surface area (Å²) < 4.78 is 6.76. The quantitative estimate of drug-likeness (QED) is 0.889. The molecule has 0 saturated heterocycles. The smallest absolute Gasteiger partial charge is 0.358 e. The fraction of sp³-hybridized carbons (Fsp3) is 0.231. The van der Waals surface area contributed by atoms with Gasteiger partial charge in [-0.15, -0.1) is 0 Å². The normalized spacial score (nSPS) is 10.2. The maximum atomic E-state index is 12.1. The number of pyridine rings is 1. The molecule has 0 aliphatic carbocycles. The second-order valence-electron chi connectivity index (χ2n) is 3.99. The fourth-order valence-electron chi connectivity index (χ4n) is 1.65. The Hall–Kier alpha value is -2.70. The Morgan fingerprint density at radius 1 is 1.40 bits per heavy atom. The number of ether oxygens (including phenoxy) is 1. The zero-order chi connectivity index (χ0) is 14.5. The number of carboxylic acids is 1. The summed E-state index contributed by atoms with van der Waals surface area (Å²) in [7, 11) is 0. The molecule has 0 unspecified atom stereocenters. The summed E-state index contributed by atoms with van der Waals surface area (Å²) in [4.78, 5) is 30.6. The summed E-state index contributed by atoms with van der Waals surface area (Å²) in [6.45, 7) is 2.48. The minimum Gasteiger partial charge on any atom is -0.476 e. The predicted molar refractivity (Wildman–Crippen MR) is 70.1 cm³/mol. The molecular weight excluding hydrogens is 262 g/mol. The first-order valence-electron chi connectivity index (χ1n) is 6.05. The number of hydrogen-bond acceptors (Lipinski definition) is 5. The number of aromatic nitrogens is 3. The van der Waals surface area contributed by atoms with Gasteiger partial charge in [-0.1, -0.05) is 6.92 Å². The van der Waals surface area contributed by atoms with Crippen molar-refractivity contribution in [2.24, 2.45) is 0 Å². The molecule has 2 aromatic rings. The van der Waals surface area contributed by atoms with Gasteiger partial charge in [-0.05, 0) is 18.6 Å². The van der Waals surface area contributed by atoms with Gasteiger partial charge >= 0.3 is 11.5 Å². The van der Waals surface area contributed by atoms with Crippen molar-refractivity contribution in [2.45, 2.75) is 19.9 Å². The molecule has 0 aliphatic heterocycles. The highest BCUT2D eigenvalue weighted by molar-refractivity contribution is 5.88. The molecule has 0 saturated carbocycles. The van der Waals surface area contributed by atoms with E-state index in [2.05, 4.69) is 9.97 Å². The summed E-state index contributed by atoms with van der Waals surface area (Å²) in [6, 6.07) is 2.95. The molecule has 0 amide bonds. The van der Waals surface area contributed by atoms with Gasteiger partial charge in [0.1, 0.15) is 0 Å². The fourth-order valence-corrected chi connectivity index (χ4v) is 1.65. The summed E-state index contributed by atoms with van der Waals surface area (Å²) in [5, 5.41) is 9.01. The summed E-state index contributed by atoms with van der Waals surface area (Å²) >= 11 is 0. The van der Waals surface area contributed by atoms with Crippen LogP contribution in [0, 0.1) is 0 Å². The van der Waals surface area contributed by atoms with E-state index in [1.54, 1.807) is 6.20 Å². The average molecular weight is 275 g/mol. The number of hydrogen-bond donors (Lipinski definition) is 1. The third-order valence-electron chi connectivity index (χ3n) is 2.53. The standard InChI is InChI=1S/C13H13N3O4/c1-2-7-16-8-6-15-11(12(16)17)20-9-4-3-5-14-10(9)13(18)19/h3-6,8H,2,7H2,1H3,(H,18,19). The highest BCUT2D eigenvalue weighted by atomic mass is 16.5. The Bertz CT molecular complexity index is 681. The molecule has 0 spiro atoms. The van der Waals surface area contributed by atoms with E-state index in [0.717, 1.165) is 6.42 Å². The van der Waals surface area contributed by atoms with Crippen molar-refractivity contribution in [3.63, 3.8) is 0 Å². The number of aryl methyl sites for hydroxylation is 1. The van der Waals surface area contributed by atoms with E-state index in [-0.39, 0.29) is 17.3 Å². The van der Waals surface area contributed by atoms with Gasteiger partial charge in [-0.3, -0.25) is 4.79 Å². The maximum Gasteiger partial charge on any atom is 0.358 e. The van der Waals surface area contributed by atoms with Gasteiger partial charge in [0.05, 0.1) is 0 Å². The number of aromatic carboxylic acids is 1. The van der Waals surface area contributed by atoms with Crippen molar-refractivity contribution in [1.29, 1.82) is 0 Å². The van der Waals surface area contributed by atoms with Crippen molar-refractivity contribution in [3.05, 3.63) is 46.8 Å². The van der Waals surface area contributed by atoms with E-state index < -0.39 is 11.5 Å². The molecule has 0 radical (unpaired) electrons. The Morgan fingerprint density at radius 2 is 2.20 bits per heavy atom. The van der Waals surface area contributed by atoms with Crippen LogP contribution < -0.4 is 10.3 Å². The third kappa shape index (κ3) is 2.82. The van der Waals surface area contributed by atoms with Gasteiger partial charge in [-0.25, -0.2) is 14.8 Å². The van der Waals surface area contributed by atoms with Crippen molar-refractivity contribution < 1.29 is 14.6 Å². The summed E-state index contributed by atoms with van der Waals surface area (Å²) in [5.74, 6) is -1.42. The van der Waals surface area contributed by atoms with Crippen LogP contribution in [0.3, 0.4) is 0 Å². The lowest BCUT2D eigenvalue weighted by atomic mass is 10.3. The zero-order valence-electron chi connectivity index (χ0n) is 10.8. The average Bonchev–Trinajstić information content (AvgIpc) is 2.44. The van der Waals surface area contributed by atoms with E-state index in [1.807, 2.05) is 6.92 Å². The highest BCUT2D eigenvalue weighted by Crippen LogP contribution is 2.19. The Balaban J connectivity index is 2.38. The molecule has 1 N–H and O–H groups in total. The molecule has 0 aliphatic rings. The molecule has 7 heteroatoms. The monoisotopic (exact) mass is 275 g/mol. The number of nitrogens with zero attached hydrogens (tertiary/aromatic N) is 3. The summed E-state index contributed by atoms with van der Waals surface area (Å²) in [6.07, 6.45) is 5.12. The lowest BCUT2D eigenvalue weighted by Crippen LogP contribution is -2.21. The van der Waals surface area contributed by atoms with E-state index in [4.69, 9.17) is 9.84 Å². The Labute approximate surface area is 114 Å². The number of carbonyl (C=O) groups is 1. The van der Waals surface area contributed by atoms with Crippen LogP contribution in [0.25, 0.3) is 0 Å².